The van der Waals surface area contributed by atoms with Gasteiger partial charge < -0.3 is 8.85 Å². The van der Waals surface area contributed by atoms with Crippen LogP contribution in [0.1, 0.15) is 52.5 Å². The van der Waals surface area contributed by atoms with Gasteiger partial charge in [0.2, 0.25) is 0 Å². The van der Waals surface area contributed by atoms with Crippen molar-refractivity contribution in [2.24, 2.45) is 0 Å². The predicted molar refractivity (Wildman–Crippen MR) is 106 cm³/mol. The van der Waals surface area contributed by atoms with Crippen LogP contribution in [0.4, 0.5) is 0 Å². The number of aromatic nitrogens is 1. The van der Waals surface area contributed by atoms with Crippen molar-refractivity contribution >= 4 is 28.0 Å². The standard InChI is InChI=1S/C17H35NO2SSi2/c1-16(2,3)22(7,8)19-12-14(15-11-18-13-21-15)20-23(9,10)17(4,5)6/h11,13-14H,12H2,1-10H3. The fourth-order valence-electron chi connectivity index (χ4n) is 1.59. The molecule has 1 heterocycles. The Morgan fingerprint density at radius 3 is 1.91 bits per heavy atom. The highest BCUT2D eigenvalue weighted by Crippen LogP contribution is 2.42. The molecule has 1 aromatic rings. The summed E-state index contributed by atoms with van der Waals surface area (Å²) in [5.74, 6) is 0. The molecule has 0 aliphatic rings. The van der Waals surface area contributed by atoms with Gasteiger partial charge in [0.1, 0.15) is 6.10 Å². The summed E-state index contributed by atoms with van der Waals surface area (Å²) < 4.78 is 13.1. The van der Waals surface area contributed by atoms with Crippen LogP contribution in [0.5, 0.6) is 0 Å². The van der Waals surface area contributed by atoms with E-state index in [4.69, 9.17) is 8.85 Å². The van der Waals surface area contributed by atoms with E-state index in [1.54, 1.807) is 11.3 Å². The summed E-state index contributed by atoms with van der Waals surface area (Å²) in [7, 11) is -3.63. The van der Waals surface area contributed by atoms with Crippen molar-refractivity contribution in [2.75, 3.05) is 6.61 Å². The molecule has 1 atom stereocenters. The Hall–Kier alpha value is -0.0162. The molecular formula is C17H35NO2SSi2. The van der Waals surface area contributed by atoms with E-state index in [9.17, 15) is 0 Å². The molecule has 23 heavy (non-hydrogen) atoms. The first kappa shape index (κ1) is 21.0. The monoisotopic (exact) mass is 373 g/mol. The van der Waals surface area contributed by atoms with Crippen molar-refractivity contribution in [3.05, 3.63) is 16.6 Å². The van der Waals surface area contributed by atoms with Gasteiger partial charge in [-0.15, -0.1) is 11.3 Å². The van der Waals surface area contributed by atoms with Gasteiger partial charge in [0.15, 0.2) is 16.6 Å². The second-order valence-corrected chi connectivity index (χ2v) is 19.8. The fraction of sp³-hybridized carbons (Fsp3) is 0.824. The largest absolute Gasteiger partial charge is 0.414 e. The zero-order valence-electron chi connectivity index (χ0n) is 16.6. The predicted octanol–water partition coefficient (Wildman–Crippen LogP) is 6.23. The SMILES string of the molecule is CC(C)(C)[Si](C)(C)OCC(O[Si](C)(C)C(C)(C)C)c1cncs1. The average molecular weight is 374 g/mol. The van der Waals surface area contributed by atoms with E-state index in [1.807, 2.05) is 11.7 Å². The Balaban J connectivity index is 2.93. The highest BCUT2D eigenvalue weighted by Gasteiger charge is 2.42. The Morgan fingerprint density at radius 1 is 1.00 bits per heavy atom. The topological polar surface area (TPSA) is 31.4 Å². The summed E-state index contributed by atoms with van der Waals surface area (Å²) in [5.41, 5.74) is 1.88. The third kappa shape index (κ3) is 5.49. The van der Waals surface area contributed by atoms with E-state index in [1.165, 1.54) is 4.88 Å². The Kier molecular flexibility index (Phi) is 6.47. The number of rotatable bonds is 6. The molecule has 1 unspecified atom stereocenters. The normalized spacial score (nSPS) is 15.7. The van der Waals surface area contributed by atoms with Crippen molar-refractivity contribution in [3.63, 3.8) is 0 Å². The minimum Gasteiger partial charge on any atom is -0.414 e. The molecule has 0 saturated carbocycles. The highest BCUT2D eigenvalue weighted by molar-refractivity contribution is 7.09. The lowest BCUT2D eigenvalue weighted by atomic mass is 10.2. The maximum Gasteiger partial charge on any atom is 0.193 e. The van der Waals surface area contributed by atoms with Crippen molar-refractivity contribution in [2.45, 2.75) is 83.9 Å². The molecule has 1 aromatic heterocycles. The molecule has 3 nitrogen and oxygen atoms in total. The highest BCUT2D eigenvalue weighted by atomic mass is 32.1. The van der Waals surface area contributed by atoms with Crippen LogP contribution in [0.15, 0.2) is 11.7 Å². The second-order valence-electron chi connectivity index (χ2n) is 9.34. The molecule has 0 N–H and O–H groups in total. The molecule has 1 rings (SSSR count). The van der Waals surface area contributed by atoms with Gasteiger partial charge in [0.25, 0.3) is 0 Å². The van der Waals surface area contributed by atoms with Gasteiger partial charge in [-0.3, -0.25) is 4.98 Å². The maximum absolute atomic E-state index is 6.66. The second kappa shape index (κ2) is 7.08. The third-order valence-electron chi connectivity index (χ3n) is 5.41. The van der Waals surface area contributed by atoms with Crippen LogP contribution >= 0.6 is 11.3 Å². The lowest BCUT2D eigenvalue weighted by Gasteiger charge is -2.41. The molecule has 0 aliphatic carbocycles. The maximum atomic E-state index is 6.66. The van der Waals surface area contributed by atoms with Crippen molar-refractivity contribution in [3.8, 4) is 0 Å². The van der Waals surface area contributed by atoms with Gasteiger partial charge in [-0.25, -0.2) is 0 Å². The number of thiazole rings is 1. The summed E-state index contributed by atoms with van der Waals surface area (Å²) >= 11 is 1.66. The van der Waals surface area contributed by atoms with E-state index < -0.39 is 16.6 Å². The summed E-state index contributed by atoms with van der Waals surface area (Å²) in [5, 5.41) is 0.398. The Bertz CT molecular complexity index is 488. The van der Waals surface area contributed by atoms with Gasteiger partial charge in [-0.1, -0.05) is 41.5 Å². The molecule has 0 aliphatic heterocycles. The molecule has 0 fully saturated rings. The van der Waals surface area contributed by atoms with E-state index in [-0.39, 0.29) is 16.2 Å². The molecule has 0 bridgehead atoms. The lowest BCUT2D eigenvalue weighted by Crippen LogP contribution is -2.45. The van der Waals surface area contributed by atoms with E-state index in [0.29, 0.717) is 6.61 Å². The van der Waals surface area contributed by atoms with Crippen molar-refractivity contribution in [1.82, 2.24) is 4.98 Å². The molecule has 0 saturated heterocycles. The minimum absolute atomic E-state index is 0.00230. The van der Waals surface area contributed by atoms with Gasteiger partial charge in [0.05, 0.1) is 17.0 Å². The summed E-state index contributed by atoms with van der Waals surface area (Å²) in [4.78, 5) is 5.41. The first-order valence-electron chi connectivity index (χ1n) is 8.37. The zero-order chi connectivity index (χ0) is 18.1. The van der Waals surface area contributed by atoms with E-state index in [2.05, 4.69) is 72.7 Å². The molecule has 0 radical (unpaired) electrons. The van der Waals surface area contributed by atoms with Crippen LogP contribution in [0.3, 0.4) is 0 Å². The van der Waals surface area contributed by atoms with Crippen LogP contribution in [0, 0.1) is 0 Å². The molecule has 134 valence electrons. The summed E-state index contributed by atoms with van der Waals surface area (Å²) in [6.07, 6.45) is 1.93. The molecular weight excluding hydrogens is 338 g/mol. The zero-order valence-corrected chi connectivity index (χ0v) is 19.4. The average Bonchev–Trinajstić information content (AvgIpc) is 2.85. The number of hydrogen-bond donors (Lipinski definition) is 0. The molecule has 6 heteroatoms. The fourth-order valence-corrected chi connectivity index (χ4v) is 4.57. The number of nitrogens with zero attached hydrogens (tertiary/aromatic N) is 1. The van der Waals surface area contributed by atoms with Gasteiger partial charge >= 0.3 is 0 Å². The number of hydrogen-bond acceptors (Lipinski definition) is 4. The van der Waals surface area contributed by atoms with Gasteiger partial charge in [0, 0.05) is 6.20 Å². The van der Waals surface area contributed by atoms with Gasteiger partial charge in [-0.2, -0.15) is 0 Å². The third-order valence-corrected chi connectivity index (χ3v) is 15.3. The van der Waals surface area contributed by atoms with E-state index >= 15 is 0 Å². The van der Waals surface area contributed by atoms with Crippen LogP contribution in [0.2, 0.25) is 36.3 Å². The summed E-state index contributed by atoms with van der Waals surface area (Å²) in [6, 6.07) is 0. The first-order valence-corrected chi connectivity index (χ1v) is 15.1. The first-order chi connectivity index (χ1) is 10.2. The lowest BCUT2D eigenvalue weighted by molar-refractivity contribution is 0.110. The van der Waals surface area contributed by atoms with Crippen LogP contribution in [-0.2, 0) is 8.85 Å². The van der Waals surface area contributed by atoms with E-state index in [0.717, 1.165) is 0 Å². The van der Waals surface area contributed by atoms with Crippen molar-refractivity contribution in [1.29, 1.82) is 0 Å². The molecule has 0 amide bonds. The summed E-state index contributed by atoms with van der Waals surface area (Å²) in [6.45, 7) is 23.5. The van der Waals surface area contributed by atoms with Crippen LogP contribution in [-0.4, -0.2) is 28.2 Å². The minimum atomic E-state index is -1.85. The van der Waals surface area contributed by atoms with Gasteiger partial charge in [-0.05, 0) is 36.3 Å². The Morgan fingerprint density at radius 2 is 1.52 bits per heavy atom. The molecule has 0 spiro atoms. The van der Waals surface area contributed by atoms with Crippen LogP contribution < -0.4 is 0 Å². The van der Waals surface area contributed by atoms with Crippen LogP contribution in [0.25, 0.3) is 0 Å². The Labute approximate surface area is 149 Å². The molecule has 0 aromatic carbocycles. The quantitative estimate of drug-likeness (QED) is 0.554. The smallest absolute Gasteiger partial charge is 0.193 e. The van der Waals surface area contributed by atoms with Crippen molar-refractivity contribution < 1.29 is 8.85 Å².